The molecule has 1 heterocycles. The fraction of sp³-hybridized carbons (Fsp3) is 0.615. The molecule has 0 spiro atoms. The van der Waals surface area contributed by atoms with Crippen LogP contribution in [0.15, 0.2) is 6.20 Å². The van der Waals surface area contributed by atoms with Crippen LogP contribution in [0.4, 0.5) is 11.8 Å². The molecule has 0 atom stereocenters. The van der Waals surface area contributed by atoms with Crippen LogP contribution in [0.1, 0.15) is 51.9 Å². The fourth-order valence-corrected chi connectivity index (χ4v) is 1.41. The van der Waals surface area contributed by atoms with Gasteiger partial charge in [-0.1, -0.05) is 0 Å². The van der Waals surface area contributed by atoms with Gasteiger partial charge in [0, 0.05) is 17.3 Å². The van der Waals surface area contributed by atoms with Gasteiger partial charge in [0.2, 0.25) is 5.95 Å². The Bertz CT molecular complexity index is 471. The Morgan fingerprint density at radius 1 is 1.11 bits per heavy atom. The summed E-state index contributed by atoms with van der Waals surface area (Å²) in [5, 5.41) is 6.32. The number of hydrogen-bond acceptors (Lipinski definition) is 5. The number of carbonyl (C=O) groups excluding carboxylic acids is 1. The number of rotatable bonds is 3. The number of nitrogens with zero attached hydrogens (tertiary/aromatic N) is 2. The predicted octanol–water partition coefficient (Wildman–Crippen LogP) is 2.00. The number of anilines is 2. The van der Waals surface area contributed by atoms with E-state index in [2.05, 4.69) is 20.6 Å². The third kappa shape index (κ3) is 5.11. The predicted molar refractivity (Wildman–Crippen MR) is 77.3 cm³/mol. The summed E-state index contributed by atoms with van der Waals surface area (Å²) in [5.41, 5.74) is 5.23. The van der Waals surface area contributed by atoms with E-state index in [0.717, 1.165) is 0 Å². The van der Waals surface area contributed by atoms with Crippen molar-refractivity contribution in [2.45, 2.75) is 52.6 Å². The minimum absolute atomic E-state index is 0.159. The first-order valence-corrected chi connectivity index (χ1v) is 6.21. The molecule has 6 nitrogen and oxygen atoms in total. The number of nitrogens with two attached hydrogens (primary N) is 1. The van der Waals surface area contributed by atoms with Crippen LogP contribution in [0.25, 0.3) is 0 Å². The molecule has 19 heavy (non-hydrogen) atoms. The van der Waals surface area contributed by atoms with Crippen molar-refractivity contribution in [2.75, 3.05) is 10.6 Å². The molecule has 0 fully saturated rings. The number of nitrogens with one attached hydrogen (secondary N) is 2. The van der Waals surface area contributed by atoms with Crippen LogP contribution in [0, 0.1) is 0 Å². The largest absolute Gasteiger partial charge is 0.365 e. The highest BCUT2D eigenvalue weighted by atomic mass is 16.1. The summed E-state index contributed by atoms with van der Waals surface area (Å²) in [6, 6.07) is 0. The van der Waals surface area contributed by atoms with Crippen molar-refractivity contribution in [1.29, 1.82) is 0 Å². The van der Waals surface area contributed by atoms with Crippen LogP contribution in [0.5, 0.6) is 0 Å². The molecule has 0 saturated heterocycles. The third-order valence-corrected chi connectivity index (χ3v) is 2.03. The Hall–Kier alpha value is -1.85. The molecule has 0 bridgehead atoms. The van der Waals surface area contributed by atoms with Gasteiger partial charge in [0.1, 0.15) is 5.82 Å². The summed E-state index contributed by atoms with van der Waals surface area (Å²) in [6.45, 7) is 12.0. The summed E-state index contributed by atoms with van der Waals surface area (Å²) < 4.78 is 0. The smallest absolute Gasteiger partial charge is 0.254 e. The number of carbonyl (C=O) groups is 1. The van der Waals surface area contributed by atoms with Crippen molar-refractivity contribution in [3.05, 3.63) is 11.8 Å². The van der Waals surface area contributed by atoms with Crippen molar-refractivity contribution < 1.29 is 4.79 Å². The molecule has 1 aromatic rings. The number of amides is 1. The normalized spacial score (nSPS) is 12.1. The maximum Gasteiger partial charge on any atom is 0.254 e. The Morgan fingerprint density at radius 2 is 1.63 bits per heavy atom. The minimum atomic E-state index is -0.547. The molecule has 106 valence electrons. The van der Waals surface area contributed by atoms with Crippen molar-refractivity contribution in [3.63, 3.8) is 0 Å². The van der Waals surface area contributed by atoms with Gasteiger partial charge in [0.05, 0.1) is 5.56 Å². The molecule has 1 rings (SSSR count). The lowest BCUT2D eigenvalue weighted by Gasteiger charge is -2.24. The zero-order valence-corrected chi connectivity index (χ0v) is 12.5. The molecule has 4 N–H and O–H groups in total. The lowest BCUT2D eigenvalue weighted by Crippen LogP contribution is -2.31. The summed E-state index contributed by atoms with van der Waals surface area (Å²) in [4.78, 5) is 19.8. The van der Waals surface area contributed by atoms with Gasteiger partial charge in [-0.2, -0.15) is 4.98 Å². The molecular formula is C13H23N5O. The Labute approximate surface area is 114 Å². The highest BCUT2D eigenvalue weighted by Crippen LogP contribution is 2.19. The summed E-state index contributed by atoms with van der Waals surface area (Å²) in [7, 11) is 0. The number of hydrogen-bond donors (Lipinski definition) is 3. The zero-order valence-electron chi connectivity index (χ0n) is 12.5. The van der Waals surface area contributed by atoms with Gasteiger partial charge in [-0.05, 0) is 41.5 Å². The van der Waals surface area contributed by atoms with Crippen molar-refractivity contribution >= 4 is 17.7 Å². The molecule has 0 radical (unpaired) electrons. The van der Waals surface area contributed by atoms with Gasteiger partial charge in [-0.15, -0.1) is 0 Å². The van der Waals surface area contributed by atoms with Gasteiger partial charge in [-0.25, -0.2) is 4.98 Å². The van der Waals surface area contributed by atoms with Gasteiger partial charge in [0.25, 0.3) is 5.91 Å². The summed E-state index contributed by atoms with van der Waals surface area (Å²) in [6.07, 6.45) is 1.44. The summed E-state index contributed by atoms with van der Waals surface area (Å²) in [5.74, 6) is 0.361. The Balaban J connectivity index is 3.15. The Kier molecular flexibility index (Phi) is 4.03. The SMILES string of the molecule is CC(C)(C)Nc1ncc(C(N)=O)c(NC(C)(C)C)n1. The first-order chi connectivity index (χ1) is 8.48. The molecule has 0 aliphatic rings. The molecular weight excluding hydrogens is 242 g/mol. The molecule has 6 heteroatoms. The van der Waals surface area contributed by atoms with E-state index in [1.54, 1.807) is 0 Å². The van der Waals surface area contributed by atoms with Crippen molar-refractivity contribution in [2.24, 2.45) is 5.73 Å². The number of aromatic nitrogens is 2. The van der Waals surface area contributed by atoms with Gasteiger partial charge in [0.15, 0.2) is 0 Å². The molecule has 0 saturated carbocycles. The molecule has 1 amide bonds. The van der Waals surface area contributed by atoms with E-state index in [4.69, 9.17) is 5.73 Å². The lowest BCUT2D eigenvalue weighted by molar-refractivity contribution is 0.100. The zero-order chi connectivity index (χ0) is 14.8. The van der Waals surface area contributed by atoms with Crippen LogP contribution in [0.2, 0.25) is 0 Å². The molecule has 0 unspecified atom stereocenters. The van der Waals surface area contributed by atoms with Crippen LogP contribution in [-0.4, -0.2) is 27.0 Å². The monoisotopic (exact) mass is 265 g/mol. The van der Waals surface area contributed by atoms with Gasteiger partial charge < -0.3 is 16.4 Å². The van der Waals surface area contributed by atoms with E-state index in [9.17, 15) is 4.79 Å². The van der Waals surface area contributed by atoms with Gasteiger partial charge >= 0.3 is 0 Å². The van der Waals surface area contributed by atoms with Gasteiger partial charge in [-0.3, -0.25) is 4.79 Å². The van der Waals surface area contributed by atoms with E-state index in [1.807, 2.05) is 41.5 Å². The van der Waals surface area contributed by atoms with Crippen LogP contribution < -0.4 is 16.4 Å². The molecule has 1 aromatic heterocycles. The Morgan fingerprint density at radius 3 is 2.05 bits per heavy atom. The van der Waals surface area contributed by atoms with E-state index in [1.165, 1.54) is 6.20 Å². The molecule has 0 aliphatic carbocycles. The minimum Gasteiger partial charge on any atom is -0.365 e. The number of primary amides is 1. The van der Waals surface area contributed by atoms with Crippen molar-refractivity contribution in [1.82, 2.24) is 9.97 Å². The first kappa shape index (κ1) is 15.2. The second-order valence-corrected chi connectivity index (χ2v) is 6.57. The van der Waals surface area contributed by atoms with E-state index < -0.39 is 5.91 Å². The van der Waals surface area contributed by atoms with E-state index >= 15 is 0 Å². The lowest BCUT2D eigenvalue weighted by atomic mass is 10.1. The second kappa shape index (κ2) is 5.03. The van der Waals surface area contributed by atoms with Crippen molar-refractivity contribution in [3.8, 4) is 0 Å². The first-order valence-electron chi connectivity index (χ1n) is 6.21. The summed E-state index contributed by atoms with van der Waals surface area (Å²) >= 11 is 0. The van der Waals surface area contributed by atoms with Crippen LogP contribution in [-0.2, 0) is 0 Å². The molecule has 0 aromatic carbocycles. The third-order valence-electron chi connectivity index (χ3n) is 2.03. The second-order valence-electron chi connectivity index (χ2n) is 6.57. The standard InChI is InChI=1S/C13H23N5O/c1-12(2,3)17-10-8(9(14)19)7-15-11(16-10)18-13(4,5)6/h7H,1-6H3,(H2,14,19)(H2,15,16,17,18). The van der Waals surface area contributed by atoms with Crippen LogP contribution in [0.3, 0.4) is 0 Å². The maximum atomic E-state index is 11.4. The average Bonchev–Trinajstić information content (AvgIpc) is 2.11. The maximum absolute atomic E-state index is 11.4. The topological polar surface area (TPSA) is 92.9 Å². The highest BCUT2D eigenvalue weighted by molar-refractivity contribution is 5.97. The quantitative estimate of drug-likeness (QED) is 0.777. The fourth-order valence-electron chi connectivity index (χ4n) is 1.41. The van der Waals surface area contributed by atoms with E-state index in [0.29, 0.717) is 11.8 Å². The van der Waals surface area contributed by atoms with Crippen LogP contribution >= 0.6 is 0 Å². The highest BCUT2D eigenvalue weighted by Gasteiger charge is 2.19. The average molecular weight is 265 g/mol. The molecule has 0 aliphatic heterocycles. The van der Waals surface area contributed by atoms with E-state index in [-0.39, 0.29) is 16.6 Å².